The van der Waals surface area contributed by atoms with E-state index in [1.54, 1.807) is 35.5 Å². The van der Waals surface area contributed by atoms with E-state index in [1.807, 2.05) is 0 Å². The molecule has 5 aliphatic rings. The quantitative estimate of drug-likeness (QED) is 0.379. The number of nitrogens with zero attached hydrogens (tertiary/aromatic N) is 5. The molecule has 6 atom stereocenters. The van der Waals surface area contributed by atoms with Crippen molar-refractivity contribution in [1.29, 1.82) is 0 Å². The molecule has 0 saturated carbocycles. The molecule has 0 aromatic heterocycles. The normalized spacial score (nSPS) is 32.4. The minimum absolute atomic E-state index is 0.0968. The largest absolute Gasteiger partial charge is 0.414 e. The molecular formula is C30H43N5O7Si2. The Balaban J connectivity index is 1.28. The van der Waals surface area contributed by atoms with Crippen LogP contribution >= 0.6 is 0 Å². The van der Waals surface area contributed by atoms with Crippen LogP contribution in [-0.4, -0.2) is 106 Å². The first-order valence-corrected chi connectivity index (χ1v) is 19.5. The van der Waals surface area contributed by atoms with Crippen LogP contribution in [0.15, 0.2) is 39.2 Å². The topological polar surface area (TPSA) is 135 Å². The molecule has 14 heteroatoms. The van der Waals surface area contributed by atoms with Gasteiger partial charge >= 0.3 is 17.1 Å². The number of amides is 2. The molecule has 12 nitrogen and oxygen atoms in total. The number of benzene rings is 1. The summed E-state index contributed by atoms with van der Waals surface area (Å²) in [7, 11) is -5.76. The van der Waals surface area contributed by atoms with E-state index in [-0.39, 0.29) is 34.6 Å². The van der Waals surface area contributed by atoms with Crippen molar-refractivity contribution in [2.24, 2.45) is 15.0 Å². The van der Waals surface area contributed by atoms with Crippen LogP contribution in [0.1, 0.15) is 76.1 Å². The monoisotopic (exact) mass is 641 g/mol. The molecule has 44 heavy (non-hydrogen) atoms. The fraction of sp³-hybridized carbons (Fsp3) is 0.633. The van der Waals surface area contributed by atoms with Gasteiger partial charge < -0.3 is 27.7 Å². The first kappa shape index (κ1) is 31.4. The second-order valence-corrected chi connectivity index (χ2v) is 22.3. The molecule has 2 fully saturated rings. The highest BCUT2D eigenvalue weighted by Crippen LogP contribution is 2.48. The van der Waals surface area contributed by atoms with E-state index in [0.29, 0.717) is 11.1 Å². The number of hydrogen-bond acceptors (Lipinski definition) is 11. The number of carbonyl (C=O) groups is 2. The molecular weight excluding hydrogens is 599 g/mol. The van der Waals surface area contributed by atoms with Gasteiger partial charge in [-0.25, -0.2) is 14.9 Å². The third kappa shape index (κ3) is 4.60. The number of carbonyl (C=O) groups excluding carboxylic acids is 2. The molecule has 2 saturated heterocycles. The number of imide groups is 1. The number of aliphatic hydroxyl groups is 1. The summed E-state index contributed by atoms with van der Waals surface area (Å²) in [6.07, 6.45) is -0.933. The van der Waals surface area contributed by atoms with Crippen molar-refractivity contribution in [1.82, 2.24) is 9.80 Å². The van der Waals surface area contributed by atoms with E-state index in [4.69, 9.17) is 17.7 Å². The average Bonchev–Trinajstić information content (AvgIpc) is 3.60. The molecule has 1 aromatic rings. The van der Waals surface area contributed by atoms with Gasteiger partial charge in [0.15, 0.2) is 18.4 Å². The molecule has 0 bridgehead atoms. The third-order valence-electron chi connectivity index (χ3n) is 9.58. The molecule has 0 spiro atoms. The molecule has 2 unspecified atom stereocenters. The summed E-state index contributed by atoms with van der Waals surface area (Å²) in [6, 6.07) is 5.96. The van der Waals surface area contributed by atoms with Gasteiger partial charge in [0.05, 0.1) is 24.1 Å². The van der Waals surface area contributed by atoms with Crippen molar-refractivity contribution in [2.45, 2.75) is 114 Å². The number of aliphatic hydroxyl groups excluding tert-OH is 1. The Morgan fingerprint density at radius 2 is 1.48 bits per heavy atom. The minimum Gasteiger partial charge on any atom is -0.414 e. The van der Waals surface area contributed by atoms with Gasteiger partial charge in [0.1, 0.15) is 30.5 Å². The van der Waals surface area contributed by atoms with Gasteiger partial charge in [-0.2, -0.15) is 0 Å². The molecule has 1 N–H and O–H groups in total. The van der Waals surface area contributed by atoms with Crippen molar-refractivity contribution in [3.8, 4) is 0 Å². The van der Waals surface area contributed by atoms with E-state index >= 15 is 0 Å². The molecule has 0 aliphatic carbocycles. The lowest BCUT2D eigenvalue weighted by molar-refractivity contribution is -0.0797. The van der Waals surface area contributed by atoms with Gasteiger partial charge in [-0.1, -0.05) is 67.5 Å². The van der Waals surface area contributed by atoms with Crippen molar-refractivity contribution in [3.05, 3.63) is 35.4 Å². The summed E-state index contributed by atoms with van der Waals surface area (Å²) >= 11 is 0. The maximum atomic E-state index is 13.3. The summed E-state index contributed by atoms with van der Waals surface area (Å²) in [6.45, 7) is 17.4. The van der Waals surface area contributed by atoms with Gasteiger partial charge in [-0.3, -0.25) is 14.6 Å². The standard InChI is InChI=1S/C30H43N5O7Si2/c1-16(2)43(17(3)4)39-13-22-25(41-44(42-43,18(5)6)19(7)8)24(36)30(40-22)34-15-33-23-26(34)31-14-32-27(23)35-28(37)20-11-9-10-12-21(20)29(35)38/h9-12,14-19,22-26,30,36H,13H2,1-8H3/t22-,23?,24-,25-,26?,30-/m1/s1. The van der Waals surface area contributed by atoms with Gasteiger partial charge in [-0.05, 0) is 34.3 Å². The predicted molar refractivity (Wildman–Crippen MR) is 169 cm³/mol. The maximum Gasteiger partial charge on any atom is 0.335 e. The Bertz CT molecular complexity index is 1360. The fourth-order valence-electron chi connectivity index (χ4n) is 7.24. The number of hydrogen-bond donors (Lipinski definition) is 1. The lowest BCUT2D eigenvalue weighted by atomic mass is 10.1. The molecule has 6 rings (SSSR count). The van der Waals surface area contributed by atoms with Crippen LogP contribution in [0.25, 0.3) is 0 Å². The molecule has 1 aromatic carbocycles. The fourth-order valence-corrected chi connectivity index (χ4v) is 18.5. The maximum absolute atomic E-state index is 13.3. The molecule has 238 valence electrons. The molecule has 5 aliphatic heterocycles. The summed E-state index contributed by atoms with van der Waals surface area (Å²) in [4.78, 5) is 42.8. The number of amidine groups is 1. The third-order valence-corrected chi connectivity index (χ3v) is 19.8. The molecule has 5 heterocycles. The molecule has 0 radical (unpaired) electrons. The van der Waals surface area contributed by atoms with Crippen LogP contribution in [0.2, 0.25) is 22.2 Å². The Morgan fingerprint density at radius 3 is 2.05 bits per heavy atom. The summed E-state index contributed by atoms with van der Waals surface area (Å²) in [5, 5.41) is 11.8. The van der Waals surface area contributed by atoms with Crippen LogP contribution in [0, 0.1) is 0 Å². The summed E-state index contributed by atoms with van der Waals surface area (Å²) in [5.41, 5.74) is 1.20. The van der Waals surface area contributed by atoms with E-state index in [1.165, 1.54) is 6.34 Å². The highest BCUT2D eigenvalue weighted by atomic mass is 28.5. The van der Waals surface area contributed by atoms with Gasteiger partial charge in [0.2, 0.25) is 0 Å². The number of rotatable bonds is 5. The second kappa shape index (κ2) is 11.3. The lowest BCUT2D eigenvalue weighted by Crippen LogP contribution is -2.66. The van der Waals surface area contributed by atoms with Crippen molar-refractivity contribution in [3.63, 3.8) is 0 Å². The van der Waals surface area contributed by atoms with Crippen molar-refractivity contribution >= 4 is 47.4 Å². The van der Waals surface area contributed by atoms with E-state index in [0.717, 1.165) is 4.90 Å². The SMILES string of the molecule is CC(C)[Si]1(C(C)C)OC[C@H]2O[C@@H](N3C=NC4C(N5C(=O)c6ccccc6C5=O)=NC=NC43)[C@H](O)[C@@H]2O[Si](C(C)C)(C(C)C)O1. The number of fused-ring (bicyclic) bond motifs is 3. The van der Waals surface area contributed by atoms with Gasteiger partial charge in [-0.15, -0.1) is 0 Å². The van der Waals surface area contributed by atoms with Gasteiger partial charge in [0, 0.05) is 0 Å². The average molecular weight is 642 g/mol. The minimum atomic E-state index is -2.97. The van der Waals surface area contributed by atoms with E-state index in [2.05, 4.69) is 70.4 Å². The lowest BCUT2D eigenvalue weighted by Gasteiger charge is -2.51. The highest BCUT2D eigenvalue weighted by Gasteiger charge is 2.62. The van der Waals surface area contributed by atoms with E-state index in [9.17, 15) is 14.7 Å². The zero-order chi connectivity index (χ0) is 31.7. The Kier molecular flexibility index (Phi) is 8.08. The predicted octanol–water partition coefficient (Wildman–Crippen LogP) is 3.80. The zero-order valence-electron chi connectivity index (χ0n) is 26.6. The van der Waals surface area contributed by atoms with Crippen LogP contribution in [0.3, 0.4) is 0 Å². The van der Waals surface area contributed by atoms with Crippen LogP contribution in [-0.2, 0) is 17.7 Å². The van der Waals surface area contributed by atoms with Crippen LogP contribution in [0.5, 0.6) is 0 Å². The van der Waals surface area contributed by atoms with E-state index < -0.39 is 65.7 Å². The second-order valence-electron chi connectivity index (χ2n) is 13.4. The Morgan fingerprint density at radius 1 is 0.886 bits per heavy atom. The smallest absolute Gasteiger partial charge is 0.335 e. The summed E-state index contributed by atoms with van der Waals surface area (Å²) in [5.74, 6) is -0.697. The Hall–Kier alpha value is -2.60. The van der Waals surface area contributed by atoms with Crippen molar-refractivity contribution in [2.75, 3.05) is 6.61 Å². The van der Waals surface area contributed by atoms with Crippen LogP contribution < -0.4 is 0 Å². The highest BCUT2D eigenvalue weighted by molar-refractivity contribution is 6.84. The summed E-state index contributed by atoms with van der Waals surface area (Å²) < 4.78 is 27.7. The van der Waals surface area contributed by atoms with Gasteiger partial charge in [0.25, 0.3) is 11.8 Å². The zero-order valence-corrected chi connectivity index (χ0v) is 28.6. The first-order chi connectivity index (χ1) is 20.8. The number of ether oxygens (including phenoxy) is 1. The molecule has 2 amide bonds. The first-order valence-electron chi connectivity index (χ1n) is 15.6. The van der Waals surface area contributed by atoms with Crippen molar-refractivity contribution < 1.29 is 32.4 Å². The van der Waals surface area contributed by atoms with Crippen LogP contribution in [0.4, 0.5) is 0 Å². The number of aliphatic imine (C=N–C) groups is 3. The Labute approximate surface area is 260 Å².